The van der Waals surface area contributed by atoms with Gasteiger partial charge < -0.3 is 14.2 Å². The zero-order valence-corrected chi connectivity index (χ0v) is 16.9. The van der Waals surface area contributed by atoms with Gasteiger partial charge in [0.1, 0.15) is 11.3 Å². The fourth-order valence-electron chi connectivity index (χ4n) is 2.85. The van der Waals surface area contributed by atoms with Crippen LogP contribution in [-0.4, -0.2) is 26.3 Å². The minimum atomic E-state index is 0.718. The summed E-state index contributed by atoms with van der Waals surface area (Å²) in [6.45, 7) is 6.00. The molecule has 0 aliphatic rings. The van der Waals surface area contributed by atoms with Gasteiger partial charge in [-0.3, -0.25) is 0 Å². The van der Waals surface area contributed by atoms with Gasteiger partial charge in [-0.05, 0) is 48.4 Å². The van der Waals surface area contributed by atoms with Crippen LogP contribution < -0.4 is 14.2 Å². The van der Waals surface area contributed by atoms with E-state index in [-0.39, 0.29) is 0 Å². The molecule has 0 saturated heterocycles. The molecule has 0 saturated carbocycles. The topological polar surface area (TPSA) is 40.6 Å². The highest BCUT2D eigenvalue weighted by Crippen LogP contribution is 2.32. The monoisotopic (exact) mass is 365 g/mol. The van der Waals surface area contributed by atoms with E-state index in [1.54, 1.807) is 21.3 Å². The molecule has 0 aliphatic carbocycles. The van der Waals surface area contributed by atoms with E-state index < -0.39 is 0 Å². The van der Waals surface area contributed by atoms with Gasteiger partial charge in [-0.15, -0.1) is 0 Å². The molecule has 0 aliphatic heterocycles. The average molecular weight is 365 g/mol. The minimum absolute atomic E-state index is 0.718. The lowest BCUT2D eigenvalue weighted by Crippen LogP contribution is -1.94. The van der Waals surface area contributed by atoms with Gasteiger partial charge in [0, 0.05) is 5.39 Å². The second-order valence-corrected chi connectivity index (χ2v) is 5.67. The van der Waals surface area contributed by atoms with Crippen LogP contribution in [0.1, 0.15) is 30.7 Å². The molecule has 1 heterocycles. The Hall–Kier alpha value is -3.01. The van der Waals surface area contributed by atoms with E-state index >= 15 is 0 Å². The molecule has 2 aromatic carbocycles. The summed E-state index contributed by atoms with van der Waals surface area (Å²) in [5.74, 6) is 2.25. The first-order valence-corrected chi connectivity index (χ1v) is 9.00. The first kappa shape index (κ1) is 20.3. The van der Waals surface area contributed by atoms with Crippen molar-refractivity contribution in [2.45, 2.75) is 20.8 Å². The summed E-state index contributed by atoms with van der Waals surface area (Å²) >= 11 is 0. The molecule has 0 unspecified atom stereocenters. The van der Waals surface area contributed by atoms with Crippen molar-refractivity contribution in [3.05, 3.63) is 59.3 Å². The van der Waals surface area contributed by atoms with Crippen molar-refractivity contribution < 1.29 is 14.2 Å². The molecule has 3 rings (SSSR count). The highest BCUT2D eigenvalue weighted by molar-refractivity contribution is 5.86. The van der Waals surface area contributed by atoms with Gasteiger partial charge in [0.25, 0.3) is 0 Å². The predicted molar refractivity (Wildman–Crippen MR) is 113 cm³/mol. The summed E-state index contributed by atoms with van der Waals surface area (Å²) in [5.41, 5.74) is 3.77. The number of pyridine rings is 1. The minimum Gasteiger partial charge on any atom is -0.494 e. The van der Waals surface area contributed by atoms with Crippen molar-refractivity contribution in [2.75, 3.05) is 21.3 Å². The van der Waals surface area contributed by atoms with Crippen LogP contribution in [0.3, 0.4) is 0 Å². The van der Waals surface area contributed by atoms with Crippen LogP contribution in [-0.2, 0) is 0 Å². The van der Waals surface area contributed by atoms with Gasteiger partial charge in [-0.25, -0.2) is 4.98 Å². The van der Waals surface area contributed by atoms with E-state index in [1.165, 1.54) is 0 Å². The van der Waals surface area contributed by atoms with Gasteiger partial charge in [0.2, 0.25) is 0 Å². The molecule has 0 spiro atoms. The van der Waals surface area contributed by atoms with Crippen LogP contribution >= 0.6 is 0 Å². The molecule has 4 heteroatoms. The number of aromatic nitrogens is 1. The van der Waals surface area contributed by atoms with Gasteiger partial charge in [-0.1, -0.05) is 38.1 Å². The summed E-state index contributed by atoms with van der Waals surface area (Å²) in [7, 11) is 4.94. The summed E-state index contributed by atoms with van der Waals surface area (Å²) in [6, 6.07) is 13.9. The average Bonchev–Trinajstić information content (AvgIpc) is 2.72. The van der Waals surface area contributed by atoms with Crippen molar-refractivity contribution in [3.8, 4) is 17.2 Å². The predicted octanol–water partition coefficient (Wildman–Crippen LogP) is 5.77. The molecule has 4 nitrogen and oxygen atoms in total. The Balaban J connectivity index is 0.00000126. The standard InChI is InChI=1S/C21H21NO3.C2H6/c1-14-12-15(13-19(24-3)21(14)25-4)8-10-17-11-9-16-6-5-7-18(23-2)20(16)22-17;1-2/h5-13H,1-4H3;1-2H3/b10-8+;. The van der Waals surface area contributed by atoms with Crippen molar-refractivity contribution in [1.29, 1.82) is 0 Å². The van der Waals surface area contributed by atoms with Gasteiger partial charge in [0.15, 0.2) is 11.5 Å². The highest BCUT2D eigenvalue weighted by atomic mass is 16.5. The van der Waals surface area contributed by atoms with E-state index in [0.717, 1.165) is 45.0 Å². The van der Waals surface area contributed by atoms with Crippen LogP contribution in [0.25, 0.3) is 23.1 Å². The largest absolute Gasteiger partial charge is 0.494 e. The third-order valence-corrected chi connectivity index (χ3v) is 4.06. The molecular weight excluding hydrogens is 338 g/mol. The van der Waals surface area contributed by atoms with Crippen molar-refractivity contribution in [3.63, 3.8) is 0 Å². The maximum atomic E-state index is 5.41. The molecule has 0 N–H and O–H groups in total. The number of fused-ring (bicyclic) bond motifs is 1. The molecule has 3 aromatic rings. The lowest BCUT2D eigenvalue weighted by molar-refractivity contribution is 0.353. The van der Waals surface area contributed by atoms with Gasteiger partial charge in [-0.2, -0.15) is 0 Å². The fraction of sp³-hybridized carbons (Fsp3) is 0.261. The van der Waals surface area contributed by atoms with Crippen molar-refractivity contribution >= 4 is 23.1 Å². The smallest absolute Gasteiger partial charge is 0.163 e. The summed E-state index contributed by atoms with van der Waals surface area (Å²) in [6.07, 6.45) is 3.99. The van der Waals surface area contributed by atoms with E-state index in [2.05, 4.69) is 6.07 Å². The molecule has 0 bridgehead atoms. The van der Waals surface area contributed by atoms with E-state index in [9.17, 15) is 0 Å². The van der Waals surface area contributed by atoms with Crippen LogP contribution in [0, 0.1) is 6.92 Å². The normalized spacial score (nSPS) is 10.4. The first-order chi connectivity index (χ1) is 13.2. The lowest BCUT2D eigenvalue weighted by Gasteiger charge is -2.11. The Bertz CT molecular complexity index is 932. The number of methoxy groups -OCH3 is 3. The Morgan fingerprint density at radius 3 is 2.22 bits per heavy atom. The number of rotatable bonds is 5. The quantitative estimate of drug-likeness (QED) is 0.576. The maximum absolute atomic E-state index is 5.41. The summed E-state index contributed by atoms with van der Waals surface area (Å²) in [5, 5.41) is 1.05. The fourth-order valence-corrected chi connectivity index (χ4v) is 2.85. The van der Waals surface area contributed by atoms with Crippen molar-refractivity contribution in [1.82, 2.24) is 4.98 Å². The molecule has 1 aromatic heterocycles. The molecule has 142 valence electrons. The number of ether oxygens (including phenoxy) is 3. The Kier molecular flexibility index (Phi) is 7.24. The molecule has 0 radical (unpaired) electrons. The van der Waals surface area contributed by atoms with Crippen molar-refractivity contribution in [2.24, 2.45) is 0 Å². The Morgan fingerprint density at radius 2 is 1.56 bits per heavy atom. The second kappa shape index (κ2) is 9.62. The van der Waals surface area contributed by atoms with Crippen LogP contribution in [0.5, 0.6) is 17.2 Å². The first-order valence-electron chi connectivity index (χ1n) is 9.00. The van der Waals surface area contributed by atoms with Gasteiger partial charge >= 0.3 is 0 Å². The number of aryl methyl sites for hydroxylation is 1. The van der Waals surface area contributed by atoms with Gasteiger partial charge in [0.05, 0.1) is 27.0 Å². The second-order valence-electron chi connectivity index (χ2n) is 5.67. The number of hydrogen-bond acceptors (Lipinski definition) is 4. The van der Waals surface area contributed by atoms with E-state index in [4.69, 9.17) is 19.2 Å². The summed E-state index contributed by atoms with van der Waals surface area (Å²) in [4.78, 5) is 4.69. The molecular formula is C23H27NO3. The zero-order chi connectivity index (χ0) is 19.8. The van der Waals surface area contributed by atoms with E-state index in [1.807, 2.05) is 69.3 Å². The number of nitrogens with zero attached hydrogens (tertiary/aromatic N) is 1. The summed E-state index contributed by atoms with van der Waals surface area (Å²) < 4.78 is 16.2. The lowest BCUT2D eigenvalue weighted by atomic mass is 10.1. The number of hydrogen-bond donors (Lipinski definition) is 0. The molecule has 0 fully saturated rings. The zero-order valence-electron chi connectivity index (χ0n) is 16.9. The number of para-hydroxylation sites is 1. The Labute approximate surface area is 161 Å². The van der Waals surface area contributed by atoms with Crippen LogP contribution in [0.2, 0.25) is 0 Å². The van der Waals surface area contributed by atoms with Crippen LogP contribution in [0.15, 0.2) is 42.5 Å². The maximum Gasteiger partial charge on any atom is 0.163 e. The number of benzene rings is 2. The molecule has 0 amide bonds. The van der Waals surface area contributed by atoms with E-state index in [0.29, 0.717) is 0 Å². The third kappa shape index (κ3) is 4.59. The Morgan fingerprint density at radius 1 is 0.815 bits per heavy atom. The third-order valence-electron chi connectivity index (χ3n) is 4.06. The molecule has 0 atom stereocenters. The van der Waals surface area contributed by atoms with Crippen LogP contribution in [0.4, 0.5) is 0 Å². The SMILES string of the molecule is CC.COc1cc(/C=C/c2ccc3cccc(OC)c3n2)cc(C)c1OC. The molecule has 27 heavy (non-hydrogen) atoms. The highest BCUT2D eigenvalue weighted by Gasteiger charge is 2.08.